The minimum absolute atomic E-state index is 0.0344. The van der Waals surface area contributed by atoms with Gasteiger partial charge >= 0.3 is 0 Å². The molecule has 1 fully saturated rings. The number of likely N-dealkylation sites (tertiary alicyclic amines) is 1. The summed E-state index contributed by atoms with van der Waals surface area (Å²) in [5.74, 6) is -0.788. The molecule has 1 aliphatic heterocycles. The molecule has 7 heteroatoms. The van der Waals surface area contributed by atoms with E-state index >= 15 is 0 Å². The second-order valence-corrected chi connectivity index (χ2v) is 5.38. The summed E-state index contributed by atoms with van der Waals surface area (Å²) < 4.78 is 27.4. The predicted molar refractivity (Wildman–Crippen MR) is 81.7 cm³/mol. The van der Waals surface area contributed by atoms with Gasteiger partial charge in [0.1, 0.15) is 17.5 Å². The molecule has 1 aliphatic rings. The molecule has 1 aromatic carbocycles. The summed E-state index contributed by atoms with van der Waals surface area (Å²) in [5, 5.41) is 11.0. The summed E-state index contributed by atoms with van der Waals surface area (Å²) >= 11 is 0. The average Bonchev–Trinajstić information content (AvgIpc) is 2.88. The molecule has 1 unspecified atom stereocenters. The van der Waals surface area contributed by atoms with E-state index in [1.807, 2.05) is 6.92 Å². The highest BCUT2D eigenvalue weighted by Gasteiger charge is 2.28. The van der Waals surface area contributed by atoms with Crippen LogP contribution in [0.3, 0.4) is 0 Å². The van der Waals surface area contributed by atoms with E-state index in [0.29, 0.717) is 25.3 Å². The van der Waals surface area contributed by atoms with Gasteiger partial charge in [0, 0.05) is 19.5 Å². The largest absolute Gasteiger partial charge is 0.364 e. The van der Waals surface area contributed by atoms with E-state index in [1.165, 1.54) is 24.3 Å². The third kappa shape index (κ3) is 3.13. The molecule has 5 nitrogen and oxygen atoms in total. The summed E-state index contributed by atoms with van der Waals surface area (Å²) in [6, 6.07) is 6.73. The maximum absolute atomic E-state index is 13.7. The number of anilines is 1. The minimum atomic E-state index is -0.681. The number of carbonyl (C=O) groups is 1. The van der Waals surface area contributed by atoms with E-state index in [0.717, 1.165) is 0 Å². The number of rotatable bonds is 4. The first-order chi connectivity index (χ1) is 11.1. The molecule has 0 radical (unpaired) electrons. The van der Waals surface area contributed by atoms with Gasteiger partial charge in [-0.05, 0) is 31.2 Å². The van der Waals surface area contributed by atoms with Gasteiger partial charge in [-0.25, -0.2) is 8.78 Å². The van der Waals surface area contributed by atoms with E-state index in [4.69, 9.17) is 0 Å². The molecule has 1 aromatic heterocycles. The van der Waals surface area contributed by atoms with Gasteiger partial charge < -0.3 is 10.2 Å². The SMILES string of the molecule is CCN1CC(Nc2ccc(-c3c(F)cccc3F)nn2)CC1=O. The summed E-state index contributed by atoms with van der Waals surface area (Å²) in [5.41, 5.74) is -0.0661. The topological polar surface area (TPSA) is 58.1 Å². The molecule has 2 heterocycles. The van der Waals surface area contributed by atoms with Crippen molar-refractivity contribution in [2.45, 2.75) is 19.4 Å². The number of aromatic nitrogens is 2. The Bertz CT molecular complexity index is 700. The van der Waals surface area contributed by atoms with Crippen LogP contribution < -0.4 is 5.32 Å². The quantitative estimate of drug-likeness (QED) is 0.941. The molecule has 0 aliphatic carbocycles. The molecule has 1 amide bonds. The number of hydrogen-bond acceptors (Lipinski definition) is 4. The molecule has 1 N–H and O–H groups in total. The molecule has 1 atom stereocenters. The lowest BCUT2D eigenvalue weighted by molar-refractivity contribution is -0.127. The normalized spacial score (nSPS) is 17.6. The number of carbonyl (C=O) groups excluding carboxylic acids is 1. The zero-order chi connectivity index (χ0) is 16.4. The molecule has 0 bridgehead atoms. The van der Waals surface area contributed by atoms with Crippen LogP contribution in [0.1, 0.15) is 13.3 Å². The van der Waals surface area contributed by atoms with E-state index < -0.39 is 11.6 Å². The van der Waals surface area contributed by atoms with Gasteiger partial charge in [0.25, 0.3) is 0 Å². The molecule has 3 rings (SSSR count). The highest BCUT2D eigenvalue weighted by atomic mass is 19.1. The Balaban J connectivity index is 1.74. The predicted octanol–water partition coefficient (Wildman–Crippen LogP) is 2.45. The fourth-order valence-electron chi connectivity index (χ4n) is 2.67. The lowest BCUT2D eigenvalue weighted by Crippen LogP contribution is -2.27. The number of hydrogen-bond donors (Lipinski definition) is 1. The molecule has 120 valence electrons. The van der Waals surface area contributed by atoms with Crippen molar-refractivity contribution in [2.75, 3.05) is 18.4 Å². The van der Waals surface area contributed by atoms with Crippen molar-refractivity contribution in [1.29, 1.82) is 0 Å². The summed E-state index contributed by atoms with van der Waals surface area (Å²) in [4.78, 5) is 13.4. The van der Waals surface area contributed by atoms with Crippen molar-refractivity contribution < 1.29 is 13.6 Å². The van der Waals surface area contributed by atoms with Gasteiger partial charge in [-0.15, -0.1) is 10.2 Å². The van der Waals surface area contributed by atoms with Gasteiger partial charge in [0.15, 0.2) is 0 Å². The number of benzene rings is 1. The second-order valence-electron chi connectivity index (χ2n) is 5.38. The van der Waals surface area contributed by atoms with Crippen LogP contribution in [0.2, 0.25) is 0 Å². The number of amides is 1. The monoisotopic (exact) mass is 318 g/mol. The van der Waals surface area contributed by atoms with E-state index in [9.17, 15) is 13.6 Å². The maximum Gasteiger partial charge on any atom is 0.224 e. The van der Waals surface area contributed by atoms with E-state index in [2.05, 4.69) is 15.5 Å². The van der Waals surface area contributed by atoms with Crippen LogP contribution in [0, 0.1) is 11.6 Å². The fourth-order valence-corrected chi connectivity index (χ4v) is 2.67. The fraction of sp³-hybridized carbons (Fsp3) is 0.312. The third-order valence-electron chi connectivity index (χ3n) is 3.83. The zero-order valence-electron chi connectivity index (χ0n) is 12.6. The zero-order valence-corrected chi connectivity index (χ0v) is 12.6. The number of halogens is 2. The highest BCUT2D eigenvalue weighted by Crippen LogP contribution is 2.24. The van der Waals surface area contributed by atoms with E-state index in [-0.39, 0.29) is 23.2 Å². The van der Waals surface area contributed by atoms with Crippen LogP contribution in [0.5, 0.6) is 0 Å². The van der Waals surface area contributed by atoms with Gasteiger partial charge in [0.2, 0.25) is 5.91 Å². The van der Waals surface area contributed by atoms with Crippen molar-refractivity contribution in [3.05, 3.63) is 42.0 Å². The summed E-state index contributed by atoms with van der Waals surface area (Å²) in [6.45, 7) is 3.22. The average molecular weight is 318 g/mol. The van der Waals surface area contributed by atoms with Crippen molar-refractivity contribution in [3.8, 4) is 11.3 Å². The van der Waals surface area contributed by atoms with Crippen molar-refractivity contribution in [1.82, 2.24) is 15.1 Å². The molecule has 1 saturated heterocycles. The maximum atomic E-state index is 13.7. The Labute approximate surface area is 132 Å². The smallest absolute Gasteiger partial charge is 0.224 e. The van der Waals surface area contributed by atoms with Crippen LogP contribution in [0.4, 0.5) is 14.6 Å². The number of nitrogens with zero attached hydrogens (tertiary/aromatic N) is 3. The van der Waals surface area contributed by atoms with Gasteiger partial charge in [-0.1, -0.05) is 6.07 Å². The number of nitrogens with one attached hydrogen (secondary N) is 1. The van der Waals surface area contributed by atoms with Crippen molar-refractivity contribution in [3.63, 3.8) is 0 Å². The Morgan fingerprint density at radius 1 is 1.22 bits per heavy atom. The van der Waals surface area contributed by atoms with Crippen molar-refractivity contribution >= 4 is 11.7 Å². The lowest BCUT2D eigenvalue weighted by Gasteiger charge is -2.15. The highest BCUT2D eigenvalue weighted by molar-refractivity contribution is 5.79. The molecular weight excluding hydrogens is 302 g/mol. The molecule has 0 spiro atoms. The van der Waals surface area contributed by atoms with Crippen LogP contribution in [-0.4, -0.2) is 40.1 Å². The Morgan fingerprint density at radius 3 is 2.52 bits per heavy atom. The first kappa shape index (κ1) is 15.3. The van der Waals surface area contributed by atoms with Crippen LogP contribution >= 0.6 is 0 Å². The lowest BCUT2D eigenvalue weighted by atomic mass is 10.1. The minimum Gasteiger partial charge on any atom is -0.364 e. The Morgan fingerprint density at radius 2 is 1.96 bits per heavy atom. The number of likely N-dealkylation sites (N-methyl/N-ethyl adjacent to an activating group) is 1. The van der Waals surface area contributed by atoms with Crippen molar-refractivity contribution in [2.24, 2.45) is 0 Å². The molecule has 2 aromatic rings. The molecular formula is C16H16F2N4O. The van der Waals surface area contributed by atoms with Crippen LogP contribution in [0.15, 0.2) is 30.3 Å². The van der Waals surface area contributed by atoms with Crippen LogP contribution in [0.25, 0.3) is 11.3 Å². The summed E-state index contributed by atoms with van der Waals surface area (Å²) in [6.07, 6.45) is 0.402. The standard InChI is InChI=1S/C16H16F2N4O/c1-2-22-9-10(8-15(22)23)19-14-7-6-13(20-21-14)16-11(17)4-3-5-12(16)18/h3-7,10H,2,8-9H2,1H3,(H,19,21). The van der Waals surface area contributed by atoms with Gasteiger partial charge in [-0.3, -0.25) is 4.79 Å². The Kier molecular flexibility index (Phi) is 4.18. The Hall–Kier alpha value is -2.57. The van der Waals surface area contributed by atoms with E-state index in [1.54, 1.807) is 11.0 Å². The second kappa shape index (κ2) is 6.28. The molecule has 0 saturated carbocycles. The first-order valence-electron chi connectivity index (χ1n) is 7.41. The third-order valence-corrected chi connectivity index (χ3v) is 3.83. The van der Waals surface area contributed by atoms with Crippen LogP contribution in [-0.2, 0) is 4.79 Å². The van der Waals surface area contributed by atoms with Gasteiger partial charge in [-0.2, -0.15) is 0 Å². The summed E-state index contributed by atoms with van der Waals surface area (Å²) in [7, 11) is 0. The first-order valence-corrected chi connectivity index (χ1v) is 7.41. The van der Waals surface area contributed by atoms with Gasteiger partial charge in [0.05, 0.1) is 17.3 Å². The molecule has 23 heavy (non-hydrogen) atoms.